The molecule has 35 heavy (non-hydrogen) atoms. The Morgan fingerprint density at radius 1 is 1.11 bits per heavy atom. The van der Waals surface area contributed by atoms with Crippen LogP contribution in [0.3, 0.4) is 0 Å². The van der Waals surface area contributed by atoms with E-state index in [2.05, 4.69) is 4.99 Å². The van der Waals surface area contributed by atoms with Crippen LogP contribution in [-0.4, -0.2) is 33.3 Å². The molecule has 0 spiro atoms. The number of aromatic hydroxyl groups is 1. The van der Waals surface area contributed by atoms with Crippen LogP contribution >= 0.6 is 12.2 Å². The summed E-state index contributed by atoms with van der Waals surface area (Å²) in [6, 6.07) is 10.7. The fourth-order valence-corrected chi connectivity index (χ4v) is 4.16. The highest BCUT2D eigenvalue weighted by Crippen LogP contribution is 2.40. The van der Waals surface area contributed by atoms with Crippen LogP contribution in [0.2, 0.25) is 0 Å². The van der Waals surface area contributed by atoms with Crippen LogP contribution in [0.1, 0.15) is 45.7 Å². The van der Waals surface area contributed by atoms with Crippen LogP contribution in [0, 0.1) is 11.3 Å². The average Bonchev–Trinajstić information content (AvgIpc) is 2.91. The van der Waals surface area contributed by atoms with Crippen molar-refractivity contribution in [2.45, 2.75) is 51.9 Å². The van der Waals surface area contributed by atoms with Crippen molar-refractivity contribution in [2.75, 3.05) is 9.80 Å². The summed E-state index contributed by atoms with van der Waals surface area (Å²) in [4.78, 5) is 19.6. The number of amides is 1. The average molecular weight is 505 g/mol. The number of benzene rings is 2. The number of halogens is 3. The zero-order valence-corrected chi connectivity index (χ0v) is 20.5. The van der Waals surface area contributed by atoms with E-state index in [0.29, 0.717) is 5.69 Å². The Morgan fingerprint density at radius 3 is 2.20 bits per heavy atom. The van der Waals surface area contributed by atoms with E-state index in [-0.39, 0.29) is 22.4 Å². The number of amidine groups is 1. The maximum atomic E-state index is 13.7. The van der Waals surface area contributed by atoms with Crippen LogP contribution < -0.4 is 9.80 Å². The summed E-state index contributed by atoms with van der Waals surface area (Å²) < 4.78 is 46.4. The predicted molar refractivity (Wildman–Crippen MR) is 130 cm³/mol. The third kappa shape index (κ3) is 5.22. The second-order valence-electron chi connectivity index (χ2n) is 9.28. The first-order valence-corrected chi connectivity index (χ1v) is 10.8. The molecule has 0 aromatic heterocycles. The maximum Gasteiger partial charge on any atom is 0.435 e. The van der Waals surface area contributed by atoms with Crippen molar-refractivity contribution < 1.29 is 27.8 Å². The lowest BCUT2D eigenvalue weighted by atomic mass is 10.0. The second-order valence-corrected chi connectivity index (χ2v) is 9.65. The summed E-state index contributed by atoms with van der Waals surface area (Å²) in [5.41, 5.74) is -3.18. The largest absolute Gasteiger partial charge is 0.508 e. The van der Waals surface area contributed by atoms with Gasteiger partial charge in [0.25, 0.3) is 0 Å². The molecule has 11 heteroatoms. The normalized spacial score (nSPS) is 17.0. The molecular formula is C24H23F3N4O3S. The summed E-state index contributed by atoms with van der Waals surface area (Å²) in [5, 5.41) is 18.9. The molecular weight excluding hydrogens is 481 g/mol. The number of nitriles is 1. The van der Waals surface area contributed by atoms with Gasteiger partial charge in [-0.1, -0.05) is 0 Å². The predicted octanol–water partition coefficient (Wildman–Crippen LogP) is 6.01. The monoisotopic (exact) mass is 504 g/mol. The Kier molecular flexibility index (Phi) is 6.57. The molecule has 1 aliphatic rings. The first kappa shape index (κ1) is 26.0. The molecule has 184 valence electrons. The van der Waals surface area contributed by atoms with Crippen molar-refractivity contribution in [1.29, 1.82) is 5.26 Å². The van der Waals surface area contributed by atoms with Crippen LogP contribution in [0.25, 0.3) is 0 Å². The Hall–Kier alpha value is -3.65. The van der Waals surface area contributed by atoms with Crippen molar-refractivity contribution in [3.63, 3.8) is 0 Å². The molecule has 0 bridgehead atoms. The summed E-state index contributed by atoms with van der Waals surface area (Å²) in [6.45, 7) is 8.37. The summed E-state index contributed by atoms with van der Waals surface area (Å²) in [6.07, 6.45) is -5.73. The Morgan fingerprint density at radius 2 is 1.69 bits per heavy atom. The topological polar surface area (TPSA) is 89.2 Å². The van der Waals surface area contributed by atoms with Gasteiger partial charge in [-0.3, -0.25) is 4.90 Å². The second kappa shape index (κ2) is 8.85. The summed E-state index contributed by atoms with van der Waals surface area (Å²) in [7, 11) is 0. The van der Waals surface area contributed by atoms with E-state index in [0.717, 1.165) is 12.1 Å². The first-order valence-electron chi connectivity index (χ1n) is 10.4. The van der Waals surface area contributed by atoms with Gasteiger partial charge in [0.1, 0.15) is 22.7 Å². The van der Waals surface area contributed by atoms with E-state index in [1.54, 1.807) is 57.7 Å². The minimum atomic E-state index is -4.79. The molecule has 1 amide bonds. The van der Waals surface area contributed by atoms with Gasteiger partial charge in [0, 0.05) is 5.69 Å². The first-order chi connectivity index (χ1) is 16.1. The van der Waals surface area contributed by atoms with Gasteiger partial charge >= 0.3 is 12.3 Å². The number of ether oxygens (including phenoxy) is 1. The van der Waals surface area contributed by atoms with E-state index < -0.39 is 34.5 Å². The number of carbonyl (C=O) groups excluding carboxylic acids is 1. The van der Waals surface area contributed by atoms with Crippen molar-refractivity contribution in [3.8, 4) is 11.8 Å². The molecule has 2 aromatic rings. The molecule has 1 heterocycles. The number of phenolic OH excluding ortho intramolecular Hbond substituents is 1. The van der Waals surface area contributed by atoms with Gasteiger partial charge in [0.15, 0.2) is 5.11 Å². The molecule has 1 fully saturated rings. The van der Waals surface area contributed by atoms with Crippen molar-refractivity contribution in [2.24, 2.45) is 4.99 Å². The molecule has 0 radical (unpaired) electrons. The number of alkyl halides is 3. The fourth-order valence-electron chi connectivity index (χ4n) is 3.63. The minimum absolute atomic E-state index is 0.0121. The fraction of sp³-hybridized carbons (Fsp3) is 0.333. The Labute approximate surface area is 206 Å². The molecule has 0 atom stereocenters. The van der Waals surface area contributed by atoms with Gasteiger partial charge < -0.3 is 14.7 Å². The molecule has 1 N–H and O–H groups in total. The molecule has 0 saturated carbocycles. The molecule has 2 aromatic carbocycles. The maximum absolute atomic E-state index is 13.7. The van der Waals surface area contributed by atoms with Crippen LogP contribution in [0.4, 0.5) is 29.3 Å². The van der Waals surface area contributed by atoms with Crippen LogP contribution in [-0.2, 0) is 10.9 Å². The Bertz CT molecular complexity index is 1240. The van der Waals surface area contributed by atoms with Crippen LogP contribution in [0.5, 0.6) is 5.75 Å². The van der Waals surface area contributed by atoms with Crippen molar-refractivity contribution in [3.05, 3.63) is 53.6 Å². The highest BCUT2D eigenvalue weighted by atomic mass is 32.1. The van der Waals surface area contributed by atoms with Gasteiger partial charge in [-0.15, -0.1) is 0 Å². The smallest absolute Gasteiger partial charge is 0.435 e. The number of thiocarbonyl (C=S) groups is 1. The lowest BCUT2D eigenvalue weighted by Crippen LogP contribution is -2.45. The van der Waals surface area contributed by atoms with E-state index in [1.165, 1.54) is 23.1 Å². The lowest BCUT2D eigenvalue weighted by molar-refractivity contribution is -0.137. The van der Waals surface area contributed by atoms with Crippen LogP contribution in [0.15, 0.2) is 47.5 Å². The standard InChI is InChI=1S/C24H23F3N4O3S/c1-22(2,3)34-20(33)29-19-23(4,5)31(15-8-10-17(32)11-9-15)21(35)30(19)16-7-6-14(13-28)18(12-16)24(25,26)27/h6-12,32H,1-5H3. The minimum Gasteiger partial charge on any atom is -0.508 e. The number of aliphatic imine (C=N–C) groups is 1. The van der Waals surface area contributed by atoms with Gasteiger partial charge in [-0.05, 0) is 89.3 Å². The van der Waals surface area contributed by atoms with E-state index in [4.69, 9.17) is 22.2 Å². The number of rotatable bonds is 2. The summed E-state index contributed by atoms with van der Waals surface area (Å²) >= 11 is 5.66. The van der Waals surface area contributed by atoms with E-state index >= 15 is 0 Å². The van der Waals surface area contributed by atoms with Crippen molar-refractivity contribution >= 4 is 40.6 Å². The van der Waals surface area contributed by atoms with E-state index in [1.807, 2.05) is 0 Å². The number of hydrogen-bond donors (Lipinski definition) is 1. The number of nitrogens with zero attached hydrogens (tertiary/aromatic N) is 4. The third-order valence-electron chi connectivity index (χ3n) is 5.09. The number of hydrogen-bond acceptors (Lipinski definition) is 5. The number of carbonyl (C=O) groups is 1. The molecule has 0 unspecified atom stereocenters. The highest BCUT2D eigenvalue weighted by Gasteiger charge is 2.49. The lowest BCUT2D eigenvalue weighted by Gasteiger charge is -2.31. The zero-order valence-electron chi connectivity index (χ0n) is 19.6. The SMILES string of the molecule is CC(C)(C)OC(=O)N=C1N(c2ccc(C#N)c(C(F)(F)F)c2)C(=S)N(c2ccc(O)cc2)C1(C)C. The molecule has 1 aliphatic heterocycles. The molecule has 0 aliphatic carbocycles. The molecule has 7 nitrogen and oxygen atoms in total. The number of phenols is 1. The number of anilines is 2. The van der Waals surface area contributed by atoms with E-state index in [9.17, 15) is 23.1 Å². The molecule has 3 rings (SSSR count). The van der Waals surface area contributed by atoms with Gasteiger partial charge in [0.2, 0.25) is 0 Å². The van der Waals surface area contributed by atoms with Crippen molar-refractivity contribution in [1.82, 2.24) is 0 Å². The quantitative estimate of drug-likeness (QED) is 0.501. The Balaban J connectivity index is 2.24. The summed E-state index contributed by atoms with van der Waals surface area (Å²) in [5.74, 6) is 0.0424. The van der Waals surface area contributed by atoms with Gasteiger partial charge in [0.05, 0.1) is 22.9 Å². The zero-order chi connectivity index (χ0) is 26.3. The molecule has 1 saturated heterocycles. The van der Waals surface area contributed by atoms with Gasteiger partial charge in [-0.2, -0.15) is 23.4 Å². The highest BCUT2D eigenvalue weighted by molar-refractivity contribution is 7.81. The third-order valence-corrected chi connectivity index (χ3v) is 5.45. The van der Waals surface area contributed by atoms with Gasteiger partial charge in [-0.25, -0.2) is 4.79 Å².